The van der Waals surface area contributed by atoms with Crippen LogP contribution in [0.5, 0.6) is 10.9 Å². The topological polar surface area (TPSA) is 47.0 Å². The van der Waals surface area contributed by atoms with Crippen LogP contribution in [0.15, 0.2) is 36.5 Å². The first-order chi connectivity index (χ1) is 15.2. The summed E-state index contributed by atoms with van der Waals surface area (Å²) in [6, 6.07) is 11.3. The van der Waals surface area contributed by atoms with Crippen LogP contribution in [0.2, 0.25) is 5.02 Å². The standard InChI is InChI=1S/C24H30ClN4OS/c25-19-16-22-23(27-17-19)28-24(31-22)30-21-6-4-18(5-7-21)10-15-29(13-2-1-3-14-29)20-8-11-26-12-9-20/h4-7,16-17,20,26H,1-3,8-15H2/q+1. The Bertz CT molecular complexity index is 1010. The Morgan fingerprint density at radius 1 is 1.10 bits per heavy atom. The van der Waals surface area contributed by atoms with E-state index < -0.39 is 0 Å². The number of hydrogen-bond donors (Lipinski definition) is 1. The van der Waals surface area contributed by atoms with Gasteiger partial charge in [-0.2, -0.15) is 4.98 Å². The van der Waals surface area contributed by atoms with Gasteiger partial charge in [0.25, 0.3) is 5.19 Å². The number of likely N-dealkylation sites (tertiary alicyclic amines) is 1. The molecule has 0 spiro atoms. The molecule has 0 amide bonds. The summed E-state index contributed by atoms with van der Waals surface area (Å²) in [5, 5.41) is 4.76. The zero-order chi connectivity index (χ0) is 21.1. The van der Waals surface area contributed by atoms with E-state index in [1.54, 1.807) is 6.20 Å². The summed E-state index contributed by atoms with van der Waals surface area (Å²) in [6.07, 6.45) is 9.59. The number of nitrogens with zero attached hydrogens (tertiary/aromatic N) is 3. The lowest BCUT2D eigenvalue weighted by Crippen LogP contribution is -2.61. The second-order valence-electron chi connectivity index (χ2n) is 8.88. The highest BCUT2D eigenvalue weighted by Crippen LogP contribution is 2.32. The van der Waals surface area contributed by atoms with Crippen molar-refractivity contribution in [2.75, 3.05) is 32.7 Å². The van der Waals surface area contributed by atoms with Crippen molar-refractivity contribution in [1.82, 2.24) is 15.3 Å². The second kappa shape index (κ2) is 9.41. The number of halogens is 1. The Morgan fingerprint density at radius 3 is 2.65 bits per heavy atom. The fourth-order valence-electron chi connectivity index (χ4n) is 5.26. The maximum Gasteiger partial charge on any atom is 0.281 e. The molecule has 0 radical (unpaired) electrons. The monoisotopic (exact) mass is 457 g/mol. The van der Waals surface area contributed by atoms with Crippen LogP contribution in [0.4, 0.5) is 0 Å². The van der Waals surface area contributed by atoms with Crippen LogP contribution >= 0.6 is 22.9 Å². The molecule has 2 aliphatic rings. The molecule has 5 nitrogen and oxygen atoms in total. The number of ether oxygens (including phenoxy) is 1. The van der Waals surface area contributed by atoms with Gasteiger partial charge in [0.1, 0.15) is 5.75 Å². The predicted molar refractivity (Wildman–Crippen MR) is 127 cm³/mol. The van der Waals surface area contributed by atoms with E-state index in [4.69, 9.17) is 16.3 Å². The van der Waals surface area contributed by atoms with E-state index in [2.05, 4.69) is 39.6 Å². The molecule has 0 atom stereocenters. The molecule has 4 heterocycles. The Labute approximate surface area is 193 Å². The van der Waals surface area contributed by atoms with Crippen molar-refractivity contribution < 1.29 is 9.22 Å². The summed E-state index contributed by atoms with van der Waals surface area (Å²) in [5.41, 5.74) is 2.07. The molecule has 0 aliphatic carbocycles. The number of quaternary nitrogens is 1. The number of hydrogen-bond acceptors (Lipinski definition) is 5. The molecule has 1 aromatic carbocycles. The van der Waals surface area contributed by atoms with Gasteiger partial charge in [0.2, 0.25) is 0 Å². The van der Waals surface area contributed by atoms with Crippen LogP contribution in [0.3, 0.4) is 0 Å². The summed E-state index contributed by atoms with van der Waals surface area (Å²) in [6.45, 7) is 6.35. The van der Waals surface area contributed by atoms with E-state index in [1.807, 2.05) is 6.07 Å². The average Bonchev–Trinajstić information content (AvgIpc) is 3.21. The number of piperidine rings is 2. The van der Waals surface area contributed by atoms with Gasteiger partial charge in [0.05, 0.1) is 35.4 Å². The van der Waals surface area contributed by atoms with Gasteiger partial charge in [-0.15, -0.1) is 0 Å². The quantitative estimate of drug-likeness (QED) is 0.501. The van der Waals surface area contributed by atoms with Crippen LogP contribution in [0, 0.1) is 0 Å². The number of thiazole rings is 1. The van der Waals surface area contributed by atoms with Gasteiger partial charge in [0.15, 0.2) is 5.65 Å². The SMILES string of the molecule is Clc1cnc2nc(Oc3ccc(CC[N+]4(C5CCNCC5)CCCCC4)cc3)sc2c1. The fourth-order valence-corrected chi connectivity index (χ4v) is 6.32. The van der Waals surface area contributed by atoms with Crippen molar-refractivity contribution >= 4 is 33.3 Å². The average molecular weight is 458 g/mol. The Hall–Kier alpha value is -1.73. The third-order valence-corrected chi connectivity index (χ3v) is 8.03. The molecule has 164 valence electrons. The van der Waals surface area contributed by atoms with Crippen LogP contribution in [0.1, 0.15) is 37.7 Å². The summed E-state index contributed by atoms with van der Waals surface area (Å²) >= 11 is 7.49. The highest BCUT2D eigenvalue weighted by Gasteiger charge is 2.38. The molecule has 2 fully saturated rings. The molecule has 2 aliphatic heterocycles. The van der Waals surface area contributed by atoms with Crippen molar-refractivity contribution in [3.8, 4) is 10.9 Å². The van der Waals surface area contributed by atoms with Crippen molar-refractivity contribution in [3.63, 3.8) is 0 Å². The number of benzene rings is 1. The van der Waals surface area contributed by atoms with Crippen LogP contribution < -0.4 is 10.1 Å². The van der Waals surface area contributed by atoms with Gasteiger partial charge in [-0.3, -0.25) is 0 Å². The predicted octanol–water partition coefficient (Wildman–Crippen LogP) is 5.43. The molecule has 31 heavy (non-hydrogen) atoms. The number of nitrogens with one attached hydrogen (secondary N) is 1. The third kappa shape index (κ3) is 4.87. The molecule has 0 bridgehead atoms. The molecular formula is C24H30ClN4OS+. The molecule has 3 aromatic rings. The van der Waals surface area contributed by atoms with E-state index in [1.165, 1.54) is 86.2 Å². The highest BCUT2D eigenvalue weighted by atomic mass is 35.5. The number of aromatic nitrogens is 2. The first kappa shape index (κ1) is 21.1. The van der Waals surface area contributed by atoms with Gasteiger partial charge in [-0.05, 0) is 43.0 Å². The molecule has 7 heteroatoms. The van der Waals surface area contributed by atoms with E-state index in [-0.39, 0.29) is 0 Å². The summed E-state index contributed by atoms with van der Waals surface area (Å²) in [5.74, 6) is 0.814. The second-order valence-corrected chi connectivity index (χ2v) is 10.3. The summed E-state index contributed by atoms with van der Waals surface area (Å²) < 4.78 is 8.25. The molecular weight excluding hydrogens is 428 g/mol. The van der Waals surface area contributed by atoms with Gasteiger partial charge >= 0.3 is 0 Å². The summed E-state index contributed by atoms with van der Waals surface area (Å²) in [7, 11) is 0. The number of fused-ring (bicyclic) bond motifs is 1. The Balaban J connectivity index is 1.23. The van der Waals surface area contributed by atoms with Crippen molar-refractivity contribution in [3.05, 3.63) is 47.1 Å². The first-order valence-corrected chi connectivity index (χ1v) is 12.7. The minimum Gasteiger partial charge on any atom is -0.431 e. The van der Waals surface area contributed by atoms with Crippen molar-refractivity contribution in [2.24, 2.45) is 0 Å². The zero-order valence-corrected chi connectivity index (χ0v) is 19.4. The summed E-state index contributed by atoms with van der Waals surface area (Å²) in [4.78, 5) is 8.70. The van der Waals surface area contributed by atoms with Gasteiger partial charge in [-0.1, -0.05) is 35.1 Å². The van der Waals surface area contributed by atoms with Crippen LogP contribution in [0.25, 0.3) is 10.3 Å². The van der Waals surface area contributed by atoms with E-state index >= 15 is 0 Å². The van der Waals surface area contributed by atoms with Crippen molar-refractivity contribution in [2.45, 2.75) is 44.6 Å². The number of pyridine rings is 1. The molecule has 5 rings (SSSR count). The number of rotatable bonds is 6. The fraction of sp³-hybridized carbons (Fsp3) is 0.500. The minimum atomic E-state index is 0.598. The molecule has 0 saturated carbocycles. The lowest BCUT2D eigenvalue weighted by Gasteiger charge is -2.49. The Morgan fingerprint density at radius 2 is 1.87 bits per heavy atom. The highest BCUT2D eigenvalue weighted by molar-refractivity contribution is 7.20. The molecule has 1 N–H and O–H groups in total. The largest absolute Gasteiger partial charge is 0.431 e. The maximum absolute atomic E-state index is 6.02. The van der Waals surface area contributed by atoms with E-state index in [0.717, 1.165) is 22.9 Å². The molecule has 0 unspecified atom stereocenters. The van der Waals surface area contributed by atoms with Gasteiger partial charge < -0.3 is 14.5 Å². The lowest BCUT2D eigenvalue weighted by atomic mass is 9.95. The third-order valence-electron chi connectivity index (χ3n) is 6.96. The normalized spacial score (nSPS) is 19.5. The van der Waals surface area contributed by atoms with Crippen molar-refractivity contribution in [1.29, 1.82) is 0 Å². The maximum atomic E-state index is 6.02. The minimum absolute atomic E-state index is 0.598. The van der Waals surface area contributed by atoms with E-state index in [0.29, 0.717) is 15.9 Å². The van der Waals surface area contributed by atoms with Gasteiger partial charge in [-0.25, -0.2) is 4.98 Å². The zero-order valence-electron chi connectivity index (χ0n) is 17.9. The lowest BCUT2D eigenvalue weighted by molar-refractivity contribution is -0.956. The van der Waals surface area contributed by atoms with Gasteiger partial charge in [0, 0.05) is 38.5 Å². The Kier molecular flexibility index (Phi) is 6.41. The van der Waals surface area contributed by atoms with Crippen LogP contribution in [-0.4, -0.2) is 53.2 Å². The smallest absolute Gasteiger partial charge is 0.281 e. The van der Waals surface area contributed by atoms with Crippen LogP contribution in [-0.2, 0) is 6.42 Å². The molecule has 2 saturated heterocycles. The first-order valence-electron chi connectivity index (χ1n) is 11.5. The molecule has 2 aromatic heterocycles. The van der Waals surface area contributed by atoms with E-state index in [9.17, 15) is 0 Å².